The Balaban J connectivity index is 1.95. The van der Waals surface area contributed by atoms with Gasteiger partial charge in [-0.15, -0.1) is 0 Å². The molecule has 1 aromatic carbocycles. The van der Waals surface area contributed by atoms with Gasteiger partial charge in [0.05, 0.1) is 0 Å². The lowest BCUT2D eigenvalue weighted by Crippen LogP contribution is -2.30. The molecule has 0 bridgehead atoms. The Bertz CT molecular complexity index is 789. The molecule has 2 aromatic heterocycles. The second kappa shape index (κ2) is 7.09. The van der Waals surface area contributed by atoms with E-state index >= 15 is 0 Å². The molecule has 3 rings (SSSR count). The second-order valence-corrected chi connectivity index (χ2v) is 4.66. The number of rotatable bonds is 4. The number of aromatic nitrogens is 2. The first-order valence-electron chi connectivity index (χ1n) is 7.09. The van der Waals surface area contributed by atoms with Crippen molar-refractivity contribution in [3.63, 3.8) is 0 Å². The lowest BCUT2D eigenvalue weighted by Gasteiger charge is -2.16. The molecule has 0 aliphatic carbocycles. The Morgan fingerprint density at radius 3 is 2.22 bits per heavy atom. The smallest absolute Gasteiger partial charge is 0.264 e. The van der Waals surface area contributed by atoms with E-state index in [2.05, 4.69) is 15.0 Å². The summed E-state index contributed by atoms with van der Waals surface area (Å²) in [6, 6.07) is 19.8. The number of carbonyl (C=O) groups is 1. The number of anilines is 1. The molecule has 0 fully saturated rings. The lowest BCUT2D eigenvalue weighted by atomic mass is 10.2. The SMILES string of the molecule is O=C(c1ccccc1)N(/C=N/c1ccccn1)c1ccccn1. The summed E-state index contributed by atoms with van der Waals surface area (Å²) < 4.78 is 0. The number of carbonyl (C=O) groups excluding carboxylic acids is 1. The molecule has 5 nitrogen and oxygen atoms in total. The van der Waals surface area contributed by atoms with Crippen molar-refractivity contribution in [2.45, 2.75) is 0 Å². The topological polar surface area (TPSA) is 58.5 Å². The van der Waals surface area contributed by atoms with E-state index in [1.807, 2.05) is 36.4 Å². The van der Waals surface area contributed by atoms with Gasteiger partial charge in [0.15, 0.2) is 5.82 Å². The average Bonchev–Trinajstić information content (AvgIpc) is 2.64. The van der Waals surface area contributed by atoms with Gasteiger partial charge >= 0.3 is 0 Å². The van der Waals surface area contributed by atoms with Crippen molar-refractivity contribution < 1.29 is 4.79 Å². The van der Waals surface area contributed by atoms with Gasteiger partial charge in [-0.25, -0.2) is 15.0 Å². The first kappa shape index (κ1) is 14.6. The lowest BCUT2D eigenvalue weighted by molar-refractivity contribution is 0.100. The van der Waals surface area contributed by atoms with E-state index in [0.29, 0.717) is 17.2 Å². The van der Waals surface area contributed by atoms with Crippen LogP contribution in [0.25, 0.3) is 0 Å². The van der Waals surface area contributed by atoms with Crippen molar-refractivity contribution in [1.29, 1.82) is 0 Å². The van der Waals surface area contributed by atoms with Gasteiger partial charge in [-0.3, -0.25) is 9.69 Å². The normalized spacial score (nSPS) is 10.6. The van der Waals surface area contributed by atoms with Crippen molar-refractivity contribution in [1.82, 2.24) is 9.97 Å². The van der Waals surface area contributed by atoms with E-state index in [0.717, 1.165) is 0 Å². The third-order valence-corrected chi connectivity index (χ3v) is 3.09. The quantitative estimate of drug-likeness (QED) is 0.547. The zero-order chi connectivity index (χ0) is 15.9. The maximum Gasteiger partial charge on any atom is 0.264 e. The predicted octanol–water partition coefficient (Wildman–Crippen LogP) is 3.48. The molecule has 0 N–H and O–H groups in total. The number of hydrogen-bond donors (Lipinski definition) is 0. The maximum atomic E-state index is 12.7. The summed E-state index contributed by atoms with van der Waals surface area (Å²) >= 11 is 0. The van der Waals surface area contributed by atoms with Crippen LogP contribution in [0.3, 0.4) is 0 Å². The Morgan fingerprint density at radius 2 is 1.57 bits per heavy atom. The molecule has 3 aromatic rings. The molecule has 2 heterocycles. The Labute approximate surface area is 134 Å². The highest BCUT2D eigenvalue weighted by atomic mass is 16.2. The van der Waals surface area contributed by atoms with Crippen LogP contribution in [0.5, 0.6) is 0 Å². The van der Waals surface area contributed by atoms with Crippen LogP contribution in [0, 0.1) is 0 Å². The third kappa shape index (κ3) is 3.65. The zero-order valence-corrected chi connectivity index (χ0v) is 12.3. The third-order valence-electron chi connectivity index (χ3n) is 3.09. The van der Waals surface area contributed by atoms with E-state index in [1.54, 1.807) is 42.7 Å². The van der Waals surface area contributed by atoms with Crippen LogP contribution >= 0.6 is 0 Å². The van der Waals surface area contributed by atoms with Crippen molar-refractivity contribution in [2.24, 2.45) is 4.99 Å². The van der Waals surface area contributed by atoms with E-state index in [1.165, 1.54) is 11.2 Å². The molecule has 0 aliphatic rings. The van der Waals surface area contributed by atoms with Gasteiger partial charge in [0.1, 0.15) is 12.2 Å². The fraction of sp³-hybridized carbons (Fsp3) is 0. The van der Waals surface area contributed by atoms with Crippen molar-refractivity contribution in [3.8, 4) is 0 Å². The molecule has 112 valence electrons. The minimum Gasteiger partial charge on any atom is -0.268 e. The number of aliphatic imine (C=N–C) groups is 1. The van der Waals surface area contributed by atoms with Gasteiger partial charge in [0.2, 0.25) is 0 Å². The van der Waals surface area contributed by atoms with Crippen molar-refractivity contribution >= 4 is 23.9 Å². The summed E-state index contributed by atoms with van der Waals surface area (Å²) in [5.74, 6) is 0.819. The van der Waals surface area contributed by atoms with Crippen LogP contribution in [0.15, 0.2) is 84.1 Å². The molecule has 23 heavy (non-hydrogen) atoms. The molecule has 5 heteroatoms. The van der Waals surface area contributed by atoms with E-state index < -0.39 is 0 Å². The van der Waals surface area contributed by atoms with Crippen molar-refractivity contribution in [2.75, 3.05) is 4.90 Å². The summed E-state index contributed by atoms with van der Waals surface area (Å²) in [6.07, 6.45) is 4.73. The molecule has 0 radical (unpaired) electrons. The molecular formula is C18H14N4O. The molecule has 0 saturated carbocycles. The van der Waals surface area contributed by atoms with Crippen LogP contribution in [0.1, 0.15) is 10.4 Å². The fourth-order valence-corrected chi connectivity index (χ4v) is 1.98. The summed E-state index contributed by atoms with van der Waals surface area (Å²) in [5.41, 5.74) is 0.561. The van der Waals surface area contributed by atoms with E-state index in [4.69, 9.17) is 0 Å². The summed E-state index contributed by atoms with van der Waals surface area (Å²) in [7, 11) is 0. The Hall–Kier alpha value is -3.34. The van der Waals surface area contributed by atoms with Crippen LogP contribution in [-0.2, 0) is 0 Å². The predicted molar refractivity (Wildman–Crippen MR) is 89.9 cm³/mol. The summed E-state index contributed by atoms with van der Waals surface area (Å²) in [4.78, 5) is 26.8. The molecule has 0 aliphatic heterocycles. The van der Waals surface area contributed by atoms with Gasteiger partial charge in [0.25, 0.3) is 5.91 Å². The highest BCUT2D eigenvalue weighted by Gasteiger charge is 2.16. The van der Waals surface area contributed by atoms with E-state index in [9.17, 15) is 4.79 Å². The number of nitrogens with zero attached hydrogens (tertiary/aromatic N) is 4. The van der Waals surface area contributed by atoms with Gasteiger partial charge in [-0.1, -0.05) is 30.3 Å². The fourth-order valence-electron chi connectivity index (χ4n) is 1.98. The highest BCUT2D eigenvalue weighted by molar-refractivity contribution is 6.16. The maximum absolute atomic E-state index is 12.7. The van der Waals surface area contributed by atoms with Gasteiger partial charge < -0.3 is 0 Å². The first-order valence-corrected chi connectivity index (χ1v) is 7.09. The standard InChI is InChI=1S/C18H14N4O/c23-18(15-8-2-1-3-9-15)22(17-11-5-7-13-20-17)14-21-16-10-4-6-12-19-16/h1-14H/b21-14+. The molecule has 0 spiro atoms. The zero-order valence-electron chi connectivity index (χ0n) is 12.3. The van der Waals surface area contributed by atoms with Gasteiger partial charge in [0, 0.05) is 18.0 Å². The van der Waals surface area contributed by atoms with Crippen molar-refractivity contribution in [3.05, 3.63) is 84.7 Å². The number of benzene rings is 1. The number of pyridine rings is 2. The number of amides is 1. The summed E-state index contributed by atoms with van der Waals surface area (Å²) in [6.45, 7) is 0. The van der Waals surface area contributed by atoms with Crippen LogP contribution < -0.4 is 4.90 Å². The molecule has 0 atom stereocenters. The van der Waals surface area contributed by atoms with Crippen LogP contribution in [0.4, 0.5) is 11.6 Å². The minimum atomic E-state index is -0.205. The second-order valence-electron chi connectivity index (χ2n) is 4.66. The van der Waals surface area contributed by atoms with Crippen LogP contribution in [0.2, 0.25) is 0 Å². The minimum absolute atomic E-state index is 0.205. The number of hydrogen-bond acceptors (Lipinski definition) is 4. The Morgan fingerprint density at radius 1 is 0.870 bits per heavy atom. The molecule has 0 unspecified atom stereocenters. The first-order chi connectivity index (χ1) is 11.3. The molecule has 1 amide bonds. The Kier molecular flexibility index (Phi) is 4.49. The van der Waals surface area contributed by atoms with Gasteiger partial charge in [-0.05, 0) is 36.4 Å². The monoisotopic (exact) mass is 302 g/mol. The van der Waals surface area contributed by atoms with Crippen LogP contribution in [-0.4, -0.2) is 22.2 Å². The molecule has 0 saturated heterocycles. The van der Waals surface area contributed by atoms with E-state index in [-0.39, 0.29) is 5.91 Å². The largest absolute Gasteiger partial charge is 0.268 e. The average molecular weight is 302 g/mol. The van der Waals surface area contributed by atoms with Gasteiger partial charge in [-0.2, -0.15) is 0 Å². The highest BCUT2D eigenvalue weighted by Crippen LogP contribution is 2.14. The molecular weight excluding hydrogens is 288 g/mol. The summed E-state index contributed by atoms with van der Waals surface area (Å²) in [5, 5.41) is 0.